The lowest BCUT2D eigenvalue weighted by Crippen LogP contribution is -2.48. The Bertz CT molecular complexity index is 643. The highest BCUT2D eigenvalue weighted by Crippen LogP contribution is 2.34. The quantitative estimate of drug-likeness (QED) is 0.570. The number of benzene rings is 1. The molecule has 1 heterocycles. The van der Waals surface area contributed by atoms with Crippen molar-refractivity contribution in [3.05, 3.63) is 34.3 Å². The van der Waals surface area contributed by atoms with Gasteiger partial charge in [-0.25, -0.2) is 4.79 Å². The van der Waals surface area contributed by atoms with Crippen LogP contribution in [0, 0.1) is 0 Å². The van der Waals surface area contributed by atoms with Gasteiger partial charge in [0.15, 0.2) is 11.5 Å². The summed E-state index contributed by atoms with van der Waals surface area (Å²) in [4.78, 5) is 16.2. The molecular formula is C20H29BrN2O4. The molecule has 1 aromatic carbocycles. The van der Waals surface area contributed by atoms with E-state index in [9.17, 15) is 4.79 Å². The molecule has 27 heavy (non-hydrogen) atoms. The van der Waals surface area contributed by atoms with Gasteiger partial charge in [-0.15, -0.1) is 0 Å². The Balaban J connectivity index is 1.83. The summed E-state index contributed by atoms with van der Waals surface area (Å²) in [7, 11) is 3.26. The summed E-state index contributed by atoms with van der Waals surface area (Å²) < 4.78 is 17.0. The summed E-state index contributed by atoms with van der Waals surface area (Å²) in [5.74, 6) is 1.42. The standard InChI is InChI=1S/C20H29BrN2O4/c1-4-5-6-7-12-27-20(24)23-10-8-22(9-11-23)15-16-13-18(25-2)19(26-3)14-17(16)21/h6-7,13-14H,4-5,8-12,15H2,1-3H3/b7-6+. The fourth-order valence-corrected chi connectivity index (χ4v) is 3.36. The van der Waals surface area contributed by atoms with Crippen LogP contribution in [-0.4, -0.2) is 62.9 Å². The van der Waals surface area contributed by atoms with Gasteiger partial charge in [0.1, 0.15) is 6.61 Å². The first kappa shape index (κ1) is 21.6. The molecule has 6 nitrogen and oxygen atoms in total. The summed E-state index contributed by atoms with van der Waals surface area (Å²) in [6, 6.07) is 3.92. The van der Waals surface area contributed by atoms with Gasteiger partial charge < -0.3 is 19.1 Å². The minimum atomic E-state index is -0.233. The van der Waals surface area contributed by atoms with Crippen LogP contribution in [0.2, 0.25) is 0 Å². The second kappa shape index (κ2) is 11.2. The largest absolute Gasteiger partial charge is 0.493 e. The van der Waals surface area contributed by atoms with Crippen LogP contribution >= 0.6 is 15.9 Å². The third-order valence-electron chi connectivity index (χ3n) is 4.50. The summed E-state index contributed by atoms with van der Waals surface area (Å²) in [5.41, 5.74) is 1.13. The minimum Gasteiger partial charge on any atom is -0.493 e. The van der Waals surface area contributed by atoms with Crippen molar-refractivity contribution >= 4 is 22.0 Å². The van der Waals surface area contributed by atoms with Crippen molar-refractivity contribution in [2.24, 2.45) is 0 Å². The molecule has 0 saturated carbocycles. The van der Waals surface area contributed by atoms with Gasteiger partial charge in [0.2, 0.25) is 0 Å². The highest BCUT2D eigenvalue weighted by Gasteiger charge is 2.23. The van der Waals surface area contributed by atoms with E-state index < -0.39 is 0 Å². The van der Waals surface area contributed by atoms with Gasteiger partial charge in [-0.05, 0) is 24.1 Å². The lowest BCUT2D eigenvalue weighted by molar-refractivity contribution is 0.0812. The first-order chi connectivity index (χ1) is 13.1. The number of nitrogens with zero attached hydrogens (tertiary/aromatic N) is 2. The maximum absolute atomic E-state index is 12.1. The van der Waals surface area contributed by atoms with Crippen LogP contribution in [0.4, 0.5) is 4.79 Å². The predicted octanol–water partition coefficient (Wildman–Crippen LogP) is 4.08. The van der Waals surface area contributed by atoms with Crippen LogP contribution in [0.5, 0.6) is 11.5 Å². The number of halogens is 1. The summed E-state index contributed by atoms with van der Waals surface area (Å²) in [5, 5.41) is 0. The number of unbranched alkanes of at least 4 members (excludes halogenated alkanes) is 1. The Morgan fingerprint density at radius 2 is 1.78 bits per heavy atom. The summed E-state index contributed by atoms with van der Waals surface area (Å²) in [6.07, 6.45) is 5.84. The number of ether oxygens (including phenoxy) is 3. The van der Waals surface area contributed by atoms with Crippen molar-refractivity contribution in [3.63, 3.8) is 0 Å². The zero-order chi connectivity index (χ0) is 19.6. The van der Waals surface area contributed by atoms with Gasteiger partial charge in [0.05, 0.1) is 14.2 Å². The average Bonchev–Trinajstić information content (AvgIpc) is 2.69. The van der Waals surface area contributed by atoms with E-state index in [0.717, 1.165) is 42.5 Å². The minimum absolute atomic E-state index is 0.233. The number of hydrogen-bond donors (Lipinski definition) is 0. The molecule has 0 N–H and O–H groups in total. The Labute approximate surface area is 170 Å². The van der Waals surface area contributed by atoms with Crippen molar-refractivity contribution in [2.45, 2.75) is 26.3 Å². The van der Waals surface area contributed by atoms with Crippen LogP contribution < -0.4 is 9.47 Å². The first-order valence-electron chi connectivity index (χ1n) is 9.28. The number of piperazine rings is 1. The van der Waals surface area contributed by atoms with E-state index in [1.165, 1.54) is 0 Å². The molecule has 1 amide bonds. The lowest BCUT2D eigenvalue weighted by Gasteiger charge is -2.34. The molecule has 0 aliphatic carbocycles. The lowest BCUT2D eigenvalue weighted by atomic mass is 10.1. The monoisotopic (exact) mass is 440 g/mol. The molecule has 0 atom stereocenters. The molecule has 1 aliphatic heterocycles. The fourth-order valence-electron chi connectivity index (χ4n) is 2.91. The van der Waals surface area contributed by atoms with Crippen LogP contribution in [0.1, 0.15) is 25.3 Å². The van der Waals surface area contributed by atoms with Gasteiger partial charge in [-0.2, -0.15) is 0 Å². The van der Waals surface area contributed by atoms with Crippen LogP contribution in [0.15, 0.2) is 28.8 Å². The number of allylic oxidation sites excluding steroid dienone is 1. The average molecular weight is 441 g/mol. The third kappa shape index (κ3) is 6.43. The van der Waals surface area contributed by atoms with E-state index in [2.05, 4.69) is 27.8 Å². The number of rotatable bonds is 8. The molecule has 1 aliphatic rings. The molecule has 150 valence electrons. The maximum Gasteiger partial charge on any atom is 0.410 e. The Kier molecular flexibility index (Phi) is 8.94. The van der Waals surface area contributed by atoms with Crippen molar-refractivity contribution in [2.75, 3.05) is 47.0 Å². The molecule has 0 unspecified atom stereocenters. The molecule has 0 radical (unpaired) electrons. The SMILES string of the molecule is CCC/C=C/COC(=O)N1CCN(Cc2cc(OC)c(OC)cc2Br)CC1. The van der Waals surface area contributed by atoms with E-state index in [-0.39, 0.29) is 6.09 Å². The molecule has 0 aromatic heterocycles. The summed E-state index contributed by atoms with van der Waals surface area (Å²) >= 11 is 3.61. The second-order valence-corrected chi connectivity index (χ2v) is 7.25. The number of methoxy groups -OCH3 is 2. The van der Waals surface area contributed by atoms with E-state index in [1.54, 1.807) is 19.1 Å². The van der Waals surface area contributed by atoms with E-state index in [0.29, 0.717) is 31.2 Å². The summed E-state index contributed by atoms with van der Waals surface area (Å²) in [6.45, 7) is 6.20. The highest BCUT2D eigenvalue weighted by atomic mass is 79.9. The molecular weight excluding hydrogens is 412 g/mol. The third-order valence-corrected chi connectivity index (χ3v) is 5.24. The number of hydrogen-bond acceptors (Lipinski definition) is 5. The first-order valence-corrected chi connectivity index (χ1v) is 10.1. The van der Waals surface area contributed by atoms with Crippen molar-refractivity contribution in [1.82, 2.24) is 9.80 Å². The predicted molar refractivity (Wildman–Crippen MR) is 109 cm³/mol. The Hall–Kier alpha value is -1.73. The van der Waals surface area contributed by atoms with Gasteiger partial charge >= 0.3 is 6.09 Å². The van der Waals surface area contributed by atoms with Crippen LogP contribution in [-0.2, 0) is 11.3 Å². The maximum atomic E-state index is 12.1. The van der Waals surface area contributed by atoms with Crippen molar-refractivity contribution in [1.29, 1.82) is 0 Å². The van der Waals surface area contributed by atoms with Gasteiger partial charge in [-0.3, -0.25) is 4.90 Å². The van der Waals surface area contributed by atoms with E-state index in [4.69, 9.17) is 14.2 Å². The fraction of sp³-hybridized carbons (Fsp3) is 0.550. The molecule has 1 aromatic rings. The zero-order valence-corrected chi connectivity index (χ0v) is 18.0. The molecule has 0 spiro atoms. The highest BCUT2D eigenvalue weighted by molar-refractivity contribution is 9.10. The molecule has 1 fully saturated rings. The normalized spacial score (nSPS) is 15.2. The van der Waals surface area contributed by atoms with Gasteiger partial charge in [-0.1, -0.05) is 41.4 Å². The van der Waals surface area contributed by atoms with Crippen LogP contribution in [0.3, 0.4) is 0 Å². The number of carbonyl (C=O) groups excluding carboxylic acids is 1. The molecule has 1 saturated heterocycles. The van der Waals surface area contributed by atoms with Crippen molar-refractivity contribution in [3.8, 4) is 11.5 Å². The van der Waals surface area contributed by atoms with E-state index in [1.807, 2.05) is 24.3 Å². The smallest absolute Gasteiger partial charge is 0.410 e. The van der Waals surface area contributed by atoms with Gasteiger partial charge in [0.25, 0.3) is 0 Å². The Morgan fingerprint density at radius 3 is 2.41 bits per heavy atom. The Morgan fingerprint density at radius 1 is 1.11 bits per heavy atom. The topological polar surface area (TPSA) is 51.2 Å². The molecule has 0 bridgehead atoms. The molecule has 7 heteroatoms. The number of carbonyl (C=O) groups is 1. The molecule has 2 rings (SSSR count). The zero-order valence-electron chi connectivity index (χ0n) is 16.4. The second-order valence-electron chi connectivity index (χ2n) is 6.40. The van der Waals surface area contributed by atoms with Gasteiger partial charge in [0, 0.05) is 37.2 Å². The van der Waals surface area contributed by atoms with Crippen LogP contribution in [0.25, 0.3) is 0 Å². The number of amides is 1. The van der Waals surface area contributed by atoms with E-state index >= 15 is 0 Å². The van der Waals surface area contributed by atoms with Crippen molar-refractivity contribution < 1.29 is 19.0 Å².